The van der Waals surface area contributed by atoms with Crippen LogP contribution < -0.4 is 5.32 Å². The Hall–Kier alpha value is -2.53. The van der Waals surface area contributed by atoms with Crippen molar-refractivity contribution in [3.05, 3.63) is 40.3 Å². The maximum Gasteiger partial charge on any atom is 0.304 e. The first-order valence-corrected chi connectivity index (χ1v) is 5.16. The van der Waals surface area contributed by atoms with Gasteiger partial charge in [-0.1, -0.05) is 17.2 Å². The van der Waals surface area contributed by atoms with Crippen LogP contribution in [0.25, 0.3) is 10.4 Å². The fraction of sp³-hybridized carbons (Fsp3) is 0.273. The largest absolute Gasteiger partial charge is 0.481 e. The molecule has 94 valence electrons. The molecule has 0 aliphatic rings. The van der Waals surface area contributed by atoms with E-state index in [1.54, 1.807) is 24.3 Å². The van der Waals surface area contributed by atoms with Gasteiger partial charge in [0.25, 0.3) is 0 Å². The summed E-state index contributed by atoms with van der Waals surface area (Å²) in [4.78, 5) is 24.1. The summed E-state index contributed by atoms with van der Waals surface area (Å²) in [7, 11) is 0. The second kappa shape index (κ2) is 6.27. The number of benzene rings is 1. The summed E-state index contributed by atoms with van der Waals surface area (Å²) in [5, 5.41) is 14.7. The van der Waals surface area contributed by atoms with Crippen molar-refractivity contribution in [3.8, 4) is 0 Å². The highest BCUT2D eigenvalue weighted by atomic mass is 16.4. The molecule has 0 spiro atoms. The second-order valence-corrected chi connectivity index (χ2v) is 3.62. The number of hydrogen-bond donors (Lipinski definition) is 2. The topological polar surface area (TPSA) is 115 Å². The molecule has 0 saturated carbocycles. The van der Waals surface area contributed by atoms with Crippen molar-refractivity contribution in [1.82, 2.24) is 0 Å². The first kappa shape index (κ1) is 13.5. The van der Waals surface area contributed by atoms with Gasteiger partial charge in [0.1, 0.15) is 0 Å². The highest BCUT2D eigenvalue weighted by Crippen LogP contribution is 2.23. The van der Waals surface area contributed by atoms with Gasteiger partial charge in [0.05, 0.1) is 12.5 Å². The third-order valence-electron chi connectivity index (χ3n) is 2.17. The summed E-state index contributed by atoms with van der Waals surface area (Å²) in [6.07, 6.45) is -0.274. The first-order valence-electron chi connectivity index (χ1n) is 5.16. The number of aliphatic carboxylic acids is 1. The minimum absolute atomic E-state index is 0.195. The van der Waals surface area contributed by atoms with E-state index in [1.807, 2.05) is 0 Å². The van der Waals surface area contributed by atoms with E-state index in [0.717, 1.165) is 0 Å². The number of azide groups is 1. The van der Waals surface area contributed by atoms with Gasteiger partial charge in [-0.2, -0.15) is 0 Å². The summed E-state index contributed by atoms with van der Waals surface area (Å²) >= 11 is 0. The van der Waals surface area contributed by atoms with Gasteiger partial charge in [0.2, 0.25) is 5.91 Å². The maximum absolute atomic E-state index is 10.8. The van der Waals surface area contributed by atoms with Crippen LogP contribution in [-0.4, -0.2) is 17.0 Å². The van der Waals surface area contributed by atoms with Gasteiger partial charge in [0, 0.05) is 17.5 Å². The Bertz CT molecular complexity index is 492. The molecule has 0 fully saturated rings. The third kappa shape index (κ3) is 4.15. The predicted octanol–water partition coefficient (Wildman–Crippen LogP) is 2.47. The number of carboxylic acid groups (broad SMARTS) is 1. The van der Waals surface area contributed by atoms with Crippen LogP contribution in [0.5, 0.6) is 0 Å². The molecule has 18 heavy (non-hydrogen) atoms. The van der Waals surface area contributed by atoms with Crippen LogP contribution in [0.15, 0.2) is 29.4 Å². The zero-order valence-electron chi connectivity index (χ0n) is 9.70. The fourth-order valence-corrected chi connectivity index (χ4v) is 1.44. The molecule has 1 atom stereocenters. The number of carbonyl (C=O) groups excluding carboxylic acids is 1. The second-order valence-electron chi connectivity index (χ2n) is 3.62. The van der Waals surface area contributed by atoms with Gasteiger partial charge in [-0.15, -0.1) is 0 Å². The van der Waals surface area contributed by atoms with Crippen LogP contribution in [0.2, 0.25) is 0 Å². The van der Waals surface area contributed by atoms with Crippen molar-refractivity contribution in [2.75, 3.05) is 5.32 Å². The van der Waals surface area contributed by atoms with E-state index >= 15 is 0 Å². The SMILES string of the molecule is CC(=O)Nc1ccc(C(CC(=O)O)N=[N+]=[N-])cc1. The number of amides is 1. The Labute approximate surface area is 103 Å². The Morgan fingerprint density at radius 3 is 2.50 bits per heavy atom. The minimum atomic E-state index is -1.04. The number of rotatable bonds is 5. The number of anilines is 1. The van der Waals surface area contributed by atoms with Crippen LogP contribution in [0, 0.1) is 0 Å². The van der Waals surface area contributed by atoms with Crippen molar-refractivity contribution in [1.29, 1.82) is 0 Å². The van der Waals surface area contributed by atoms with Crippen LogP contribution in [0.1, 0.15) is 24.9 Å². The lowest BCUT2D eigenvalue weighted by Crippen LogP contribution is -2.06. The summed E-state index contributed by atoms with van der Waals surface area (Å²) in [6.45, 7) is 1.39. The summed E-state index contributed by atoms with van der Waals surface area (Å²) < 4.78 is 0. The summed E-state index contributed by atoms with van der Waals surface area (Å²) in [6, 6.07) is 5.73. The molecule has 0 aliphatic heterocycles. The first-order chi connectivity index (χ1) is 8.52. The minimum Gasteiger partial charge on any atom is -0.481 e. The summed E-state index contributed by atoms with van der Waals surface area (Å²) in [5.41, 5.74) is 9.58. The van der Waals surface area contributed by atoms with E-state index in [4.69, 9.17) is 10.6 Å². The molecule has 0 heterocycles. The molecule has 0 bridgehead atoms. The predicted molar refractivity (Wildman–Crippen MR) is 64.9 cm³/mol. The van der Waals surface area contributed by atoms with Crippen molar-refractivity contribution in [2.45, 2.75) is 19.4 Å². The average Bonchev–Trinajstić information content (AvgIpc) is 2.28. The molecule has 0 saturated heterocycles. The van der Waals surface area contributed by atoms with Gasteiger partial charge in [-0.05, 0) is 23.2 Å². The molecular weight excluding hydrogens is 236 g/mol. The molecule has 7 nitrogen and oxygen atoms in total. The molecule has 0 aliphatic carbocycles. The lowest BCUT2D eigenvalue weighted by Gasteiger charge is -2.09. The molecule has 2 N–H and O–H groups in total. The quantitative estimate of drug-likeness (QED) is 0.473. The maximum atomic E-state index is 10.8. The molecule has 1 rings (SSSR count). The Kier molecular flexibility index (Phi) is 4.71. The molecule has 1 unspecified atom stereocenters. The number of carbonyl (C=O) groups is 2. The smallest absolute Gasteiger partial charge is 0.304 e. The van der Waals surface area contributed by atoms with Crippen LogP contribution in [-0.2, 0) is 9.59 Å². The lowest BCUT2D eigenvalue weighted by atomic mass is 10.0. The molecule has 1 aromatic rings. The zero-order chi connectivity index (χ0) is 13.5. The lowest BCUT2D eigenvalue weighted by molar-refractivity contribution is -0.137. The van der Waals surface area contributed by atoms with E-state index in [-0.39, 0.29) is 12.3 Å². The molecule has 0 radical (unpaired) electrons. The van der Waals surface area contributed by atoms with Gasteiger partial charge in [0.15, 0.2) is 0 Å². The molecule has 7 heteroatoms. The highest BCUT2D eigenvalue weighted by molar-refractivity contribution is 5.88. The van der Waals surface area contributed by atoms with Crippen LogP contribution >= 0.6 is 0 Å². The summed E-state index contributed by atoms with van der Waals surface area (Å²) in [5.74, 6) is -1.24. The molecule has 0 aromatic heterocycles. The normalized spacial score (nSPS) is 11.2. The average molecular weight is 248 g/mol. The van der Waals surface area contributed by atoms with E-state index in [0.29, 0.717) is 11.3 Å². The van der Waals surface area contributed by atoms with Gasteiger partial charge in [-0.3, -0.25) is 9.59 Å². The van der Waals surface area contributed by atoms with Crippen molar-refractivity contribution in [2.24, 2.45) is 5.11 Å². The zero-order valence-corrected chi connectivity index (χ0v) is 9.70. The van der Waals surface area contributed by atoms with Gasteiger partial charge < -0.3 is 10.4 Å². The van der Waals surface area contributed by atoms with E-state index in [2.05, 4.69) is 15.3 Å². The van der Waals surface area contributed by atoms with Gasteiger partial charge >= 0.3 is 5.97 Å². The Morgan fingerprint density at radius 1 is 1.44 bits per heavy atom. The van der Waals surface area contributed by atoms with Crippen molar-refractivity contribution in [3.63, 3.8) is 0 Å². The van der Waals surface area contributed by atoms with Crippen molar-refractivity contribution < 1.29 is 14.7 Å². The van der Waals surface area contributed by atoms with Crippen LogP contribution in [0.4, 0.5) is 5.69 Å². The van der Waals surface area contributed by atoms with E-state index in [9.17, 15) is 9.59 Å². The molecule has 1 amide bonds. The third-order valence-corrected chi connectivity index (χ3v) is 2.17. The standard InChI is InChI=1S/C11H12N4O3/c1-7(16)13-9-4-2-8(3-5-9)10(14-15-12)6-11(17)18/h2-5,10H,6H2,1H3,(H,13,16)(H,17,18). The molecular formula is C11H12N4O3. The molecule has 1 aromatic carbocycles. The van der Waals surface area contributed by atoms with Crippen LogP contribution in [0.3, 0.4) is 0 Å². The number of nitrogens with one attached hydrogen (secondary N) is 1. The Morgan fingerprint density at radius 2 is 2.06 bits per heavy atom. The monoisotopic (exact) mass is 248 g/mol. The van der Waals surface area contributed by atoms with Crippen molar-refractivity contribution >= 4 is 17.6 Å². The van der Waals surface area contributed by atoms with E-state index < -0.39 is 12.0 Å². The number of hydrogen-bond acceptors (Lipinski definition) is 3. The highest BCUT2D eigenvalue weighted by Gasteiger charge is 2.13. The van der Waals surface area contributed by atoms with E-state index in [1.165, 1.54) is 6.92 Å². The Balaban J connectivity index is 2.89. The fourth-order valence-electron chi connectivity index (χ4n) is 1.44. The number of carboxylic acids is 1. The van der Waals surface area contributed by atoms with Gasteiger partial charge in [-0.25, -0.2) is 0 Å². The number of nitrogens with zero attached hydrogens (tertiary/aromatic N) is 3.